The van der Waals surface area contributed by atoms with E-state index in [1.807, 2.05) is 13.8 Å². The second-order valence-electron chi connectivity index (χ2n) is 4.47. The summed E-state index contributed by atoms with van der Waals surface area (Å²) in [4.78, 5) is 0.0724. The van der Waals surface area contributed by atoms with Crippen LogP contribution in [0.2, 0.25) is 5.02 Å². The molecule has 4 nitrogen and oxygen atoms in total. The van der Waals surface area contributed by atoms with Crippen molar-refractivity contribution in [2.45, 2.75) is 18.7 Å². The maximum atomic E-state index is 12.0. The number of halogens is 1. The number of benzene rings is 1. The fraction of sp³-hybridized carbons (Fsp3) is 0.500. The fourth-order valence-corrected chi connectivity index (χ4v) is 2.90. The van der Waals surface area contributed by atoms with Crippen LogP contribution in [0.25, 0.3) is 0 Å². The van der Waals surface area contributed by atoms with E-state index in [9.17, 15) is 8.42 Å². The summed E-state index contributed by atoms with van der Waals surface area (Å²) in [6.45, 7) is 4.71. The monoisotopic (exact) mass is 291 g/mol. The Morgan fingerprint density at radius 3 is 2.67 bits per heavy atom. The fourth-order valence-electron chi connectivity index (χ4n) is 1.38. The first-order valence-electron chi connectivity index (χ1n) is 5.68. The molecular formula is C12H18ClNO3S. The average Bonchev–Trinajstić information content (AvgIpc) is 2.27. The number of ether oxygens (including phenoxy) is 1. The van der Waals surface area contributed by atoms with Gasteiger partial charge in [0.15, 0.2) is 9.84 Å². The molecule has 0 fully saturated rings. The van der Waals surface area contributed by atoms with Crippen LogP contribution in [-0.2, 0) is 14.6 Å². The Kier molecular flexibility index (Phi) is 5.44. The third kappa shape index (κ3) is 4.48. The molecular weight excluding hydrogens is 274 g/mol. The Morgan fingerprint density at radius 2 is 2.06 bits per heavy atom. The minimum Gasteiger partial charge on any atom is -0.398 e. The van der Waals surface area contributed by atoms with Gasteiger partial charge in [-0.2, -0.15) is 0 Å². The predicted molar refractivity (Wildman–Crippen MR) is 73.6 cm³/mol. The molecule has 0 aromatic heterocycles. The van der Waals surface area contributed by atoms with Gasteiger partial charge in [0, 0.05) is 11.6 Å². The van der Waals surface area contributed by atoms with Gasteiger partial charge in [-0.3, -0.25) is 0 Å². The van der Waals surface area contributed by atoms with E-state index in [-0.39, 0.29) is 22.9 Å². The summed E-state index contributed by atoms with van der Waals surface area (Å²) in [6, 6.07) is 4.42. The third-order valence-corrected chi connectivity index (χ3v) is 4.22. The van der Waals surface area contributed by atoms with E-state index in [0.29, 0.717) is 17.5 Å². The largest absolute Gasteiger partial charge is 0.398 e. The van der Waals surface area contributed by atoms with Crippen LogP contribution in [-0.4, -0.2) is 27.4 Å². The van der Waals surface area contributed by atoms with Gasteiger partial charge in [-0.25, -0.2) is 8.42 Å². The highest BCUT2D eigenvalue weighted by Gasteiger charge is 2.18. The molecule has 0 radical (unpaired) electrons. The highest BCUT2D eigenvalue weighted by Crippen LogP contribution is 2.23. The summed E-state index contributed by atoms with van der Waals surface area (Å²) in [5.41, 5.74) is 5.86. The normalized spacial score (nSPS) is 12.0. The number of hydrogen-bond acceptors (Lipinski definition) is 4. The topological polar surface area (TPSA) is 69.4 Å². The molecule has 0 unspecified atom stereocenters. The molecule has 6 heteroatoms. The summed E-state index contributed by atoms with van der Waals surface area (Å²) in [6.07, 6.45) is 0. The molecule has 0 saturated heterocycles. The third-order valence-electron chi connectivity index (χ3n) is 2.26. The quantitative estimate of drug-likeness (QED) is 0.645. The van der Waals surface area contributed by atoms with Crippen LogP contribution in [0.5, 0.6) is 0 Å². The molecule has 1 aromatic rings. The average molecular weight is 292 g/mol. The molecule has 0 bridgehead atoms. The maximum Gasteiger partial charge on any atom is 0.182 e. The zero-order chi connectivity index (χ0) is 13.8. The van der Waals surface area contributed by atoms with Gasteiger partial charge in [0.2, 0.25) is 0 Å². The zero-order valence-electron chi connectivity index (χ0n) is 10.5. The van der Waals surface area contributed by atoms with Crippen molar-refractivity contribution in [3.8, 4) is 0 Å². The van der Waals surface area contributed by atoms with Crippen molar-refractivity contribution in [3.63, 3.8) is 0 Å². The lowest BCUT2D eigenvalue weighted by molar-refractivity contribution is 0.123. The van der Waals surface area contributed by atoms with E-state index in [0.717, 1.165) is 0 Å². The van der Waals surface area contributed by atoms with E-state index < -0.39 is 9.84 Å². The lowest BCUT2D eigenvalue weighted by Gasteiger charge is -2.09. The zero-order valence-corrected chi connectivity index (χ0v) is 12.1. The molecule has 2 N–H and O–H groups in total. The van der Waals surface area contributed by atoms with E-state index in [1.165, 1.54) is 12.1 Å². The van der Waals surface area contributed by atoms with Gasteiger partial charge in [-0.1, -0.05) is 25.4 Å². The standard InChI is InChI=1S/C12H18ClNO3S/c1-9(2)8-17-5-6-18(15,16)12-7-10(13)3-4-11(12)14/h3-4,7,9H,5-6,8,14H2,1-2H3. The van der Waals surface area contributed by atoms with Crippen LogP contribution < -0.4 is 5.73 Å². The second-order valence-corrected chi connectivity index (χ2v) is 6.98. The van der Waals surface area contributed by atoms with Crippen molar-refractivity contribution in [2.75, 3.05) is 24.7 Å². The van der Waals surface area contributed by atoms with Gasteiger partial charge in [0.25, 0.3) is 0 Å². The molecule has 1 aromatic carbocycles. The van der Waals surface area contributed by atoms with Crippen molar-refractivity contribution in [1.29, 1.82) is 0 Å². The Hall–Kier alpha value is -0.780. The van der Waals surface area contributed by atoms with E-state index in [1.54, 1.807) is 6.07 Å². The van der Waals surface area contributed by atoms with Crippen molar-refractivity contribution in [1.82, 2.24) is 0 Å². The van der Waals surface area contributed by atoms with Crippen molar-refractivity contribution in [3.05, 3.63) is 23.2 Å². The smallest absolute Gasteiger partial charge is 0.182 e. The molecule has 0 amide bonds. The van der Waals surface area contributed by atoms with Crippen LogP contribution >= 0.6 is 11.6 Å². The number of rotatable bonds is 6. The summed E-state index contributed by atoms with van der Waals surface area (Å²) in [5, 5.41) is 0.353. The summed E-state index contributed by atoms with van der Waals surface area (Å²) >= 11 is 5.77. The number of nitrogen functional groups attached to an aromatic ring is 1. The lowest BCUT2D eigenvalue weighted by atomic mass is 10.2. The van der Waals surface area contributed by atoms with Crippen molar-refractivity contribution < 1.29 is 13.2 Å². The Labute approximate surface area is 113 Å². The van der Waals surface area contributed by atoms with E-state index in [2.05, 4.69) is 0 Å². The molecule has 0 aliphatic heterocycles. The lowest BCUT2D eigenvalue weighted by Crippen LogP contribution is -2.15. The van der Waals surface area contributed by atoms with Crippen molar-refractivity contribution >= 4 is 27.1 Å². The SMILES string of the molecule is CC(C)COCCS(=O)(=O)c1cc(Cl)ccc1N. The second kappa shape index (κ2) is 6.41. The summed E-state index contributed by atoms with van der Waals surface area (Å²) in [7, 11) is -3.45. The minimum absolute atomic E-state index is 0.0724. The molecule has 0 aliphatic rings. The Morgan fingerprint density at radius 1 is 1.39 bits per heavy atom. The first kappa shape index (κ1) is 15.3. The van der Waals surface area contributed by atoms with E-state index in [4.69, 9.17) is 22.1 Å². The molecule has 18 heavy (non-hydrogen) atoms. The molecule has 0 heterocycles. The predicted octanol–water partition coefficient (Wildman–Crippen LogP) is 2.37. The van der Waals surface area contributed by atoms with Crippen LogP contribution in [0.1, 0.15) is 13.8 Å². The summed E-state index contributed by atoms with van der Waals surface area (Å²) in [5.74, 6) is 0.286. The molecule has 0 saturated carbocycles. The van der Waals surface area contributed by atoms with Gasteiger partial charge < -0.3 is 10.5 Å². The minimum atomic E-state index is -3.45. The van der Waals surface area contributed by atoms with Gasteiger partial charge >= 0.3 is 0 Å². The highest BCUT2D eigenvalue weighted by atomic mass is 35.5. The Bertz CT molecular complexity index is 500. The molecule has 102 valence electrons. The van der Waals surface area contributed by atoms with Crippen LogP contribution in [0.15, 0.2) is 23.1 Å². The maximum absolute atomic E-state index is 12.0. The highest BCUT2D eigenvalue weighted by molar-refractivity contribution is 7.91. The van der Waals surface area contributed by atoms with Gasteiger partial charge in [-0.15, -0.1) is 0 Å². The van der Waals surface area contributed by atoms with Crippen LogP contribution in [0.4, 0.5) is 5.69 Å². The van der Waals surface area contributed by atoms with E-state index >= 15 is 0 Å². The van der Waals surface area contributed by atoms with Crippen LogP contribution in [0.3, 0.4) is 0 Å². The molecule has 0 aliphatic carbocycles. The molecule has 1 rings (SSSR count). The van der Waals surface area contributed by atoms with Gasteiger partial charge in [0.1, 0.15) is 0 Å². The Balaban J connectivity index is 2.71. The van der Waals surface area contributed by atoms with Crippen LogP contribution in [0, 0.1) is 5.92 Å². The number of sulfone groups is 1. The number of hydrogen-bond donors (Lipinski definition) is 1. The summed E-state index contributed by atoms with van der Waals surface area (Å²) < 4.78 is 29.3. The number of nitrogens with two attached hydrogens (primary N) is 1. The van der Waals surface area contributed by atoms with Gasteiger partial charge in [0.05, 0.1) is 22.9 Å². The first-order valence-corrected chi connectivity index (χ1v) is 7.71. The molecule has 0 spiro atoms. The van der Waals surface area contributed by atoms with Crippen molar-refractivity contribution in [2.24, 2.45) is 5.92 Å². The first-order chi connectivity index (χ1) is 8.33. The number of anilines is 1. The molecule has 0 atom stereocenters. The van der Waals surface area contributed by atoms with Gasteiger partial charge in [-0.05, 0) is 24.1 Å².